The van der Waals surface area contributed by atoms with Crippen LogP contribution in [0.3, 0.4) is 0 Å². The second-order valence-corrected chi connectivity index (χ2v) is 7.08. The Labute approximate surface area is 134 Å². The fourth-order valence-electron chi connectivity index (χ4n) is 2.90. The third-order valence-electron chi connectivity index (χ3n) is 3.98. The molecule has 1 aliphatic heterocycles. The minimum Gasteiger partial charge on any atom is -0.376 e. The van der Waals surface area contributed by atoms with Gasteiger partial charge in [-0.15, -0.1) is 0 Å². The zero-order valence-electron chi connectivity index (χ0n) is 12.8. The molecule has 0 aliphatic carbocycles. The Bertz CT molecular complexity index is 625. The molecule has 0 radical (unpaired) electrons. The van der Waals surface area contributed by atoms with Crippen molar-refractivity contribution in [2.45, 2.75) is 44.2 Å². The van der Waals surface area contributed by atoms with Gasteiger partial charge in [-0.2, -0.15) is 21.6 Å². The first-order chi connectivity index (χ1) is 10.8. The summed E-state index contributed by atoms with van der Waals surface area (Å²) < 4.78 is 64.7. The normalized spacial score (nSPS) is 18.6. The van der Waals surface area contributed by atoms with Crippen molar-refractivity contribution >= 4 is 10.1 Å². The first-order valence-electron chi connectivity index (χ1n) is 7.60. The van der Waals surface area contributed by atoms with Gasteiger partial charge >= 0.3 is 15.6 Å². The third-order valence-corrected chi connectivity index (χ3v) is 4.95. The van der Waals surface area contributed by atoms with Gasteiger partial charge in [0.1, 0.15) is 5.75 Å². The summed E-state index contributed by atoms with van der Waals surface area (Å²) in [7, 11) is -5.66. The second-order valence-electron chi connectivity index (χ2n) is 5.54. The lowest BCUT2D eigenvalue weighted by Crippen LogP contribution is -2.34. The van der Waals surface area contributed by atoms with Gasteiger partial charge in [0.25, 0.3) is 0 Å². The van der Waals surface area contributed by atoms with E-state index < -0.39 is 15.6 Å². The molecule has 0 amide bonds. The maximum atomic E-state index is 12.6. The molecule has 0 bridgehead atoms. The van der Waals surface area contributed by atoms with Crippen LogP contribution in [0, 0.1) is 0 Å². The number of hydrogen-bond acceptors (Lipinski definition) is 4. The molecule has 2 rings (SSSR count). The summed E-state index contributed by atoms with van der Waals surface area (Å²) in [4.78, 5) is 2.17. The van der Waals surface area contributed by atoms with E-state index in [-0.39, 0.29) is 11.8 Å². The standard InChI is InChI=1S/C15H20F3NO3S/c1-2-13(19-10-6-3-7-11-19)12-8-4-5-9-14(12)22-23(20,21)15(16,17)18/h4-5,8-9,13H,2-3,6-7,10-11H2,1H3. The van der Waals surface area contributed by atoms with Gasteiger partial charge in [-0.1, -0.05) is 31.5 Å². The predicted octanol–water partition coefficient (Wildman–Crippen LogP) is 3.85. The Kier molecular flexibility index (Phi) is 5.57. The summed E-state index contributed by atoms with van der Waals surface area (Å²) in [6.07, 6.45) is 3.85. The van der Waals surface area contributed by atoms with Gasteiger partial charge in [0, 0.05) is 11.6 Å². The van der Waals surface area contributed by atoms with Crippen LogP contribution >= 0.6 is 0 Å². The monoisotopic (exact) mass is 351 g/mol. The molecule has 1 aliphatic rings. The van der Waals surface area contributed by atoms with Crippen molar-refractivity contribution in [3.8, 4) is 5.75 Å². The van der Waals surface area contributed by atoms with Crippen molar-refractivity contribution < 1.29 is 25.8 Å². The topological polar surface area (TPSA) is 46.6 Å². The highest BCUT2D eigenvalue weighted by Crippen LogP contribution is 2.36. The van der Waals surface area contributed by atoms with Crippen LogP contribution in [0.1, 0.15) is 44.2 Å². The zero-order chi connectivity index (χ0) is 17.1. The molecule has 1 heterocycles. The van der Waals surface area contributed by atoms with E-state index in [2.05, 4.69) is 9.08 Å². The molecule has 0 saturated carbocycles. The largest absolute Gasteiger partial charge is 0.534 e. The molecule has 130 valence electrons. The molecule has 0 spiro atoms. The summed E-state index contributed by atoms with van der Waals surface area (Å²) in [6, 6.07) is 5.88. The van der Waals surface area contributed by atoms with E-state index in [1.165, 1.54) is 12.1 Å². The van der Waals surface area contributed by atoms with Crippen LogP contribution in [-0.4, -0.2) is 31.9 Å². The Hall–Kier alpha value is -1.28. The molecule has 1 saturated heterocycles. The molecule has 1 atom stereocenters. The summed E-state index contributed by atoms with van der Waals surface area (Å²) >= 11 is 0. The van der Waals surface area contributed by atoms with Crippen LogP contribution in [0.2, 0.25) is 0 Å². The van der Waals surface area contributed by atoms with E-state index in [1.54, 1.807) is 12.1 Å². The van der Waals surface area contributed by atoms with Crippen LogP contribution in [0.5, 0.6) is 5.75 Å². The molecule has 1 unspecified atom stereocenters. The van der Waals surface area contributed by atoms with Crippen LogP contribution < -0.4 is 4.18 Å². The number of para-hydroxylation sites is 1. The minimum atomic E-state index is -5.66. The van der Waals surface area contributed by atoms with Gasteiger partial charge in [0.2, 0.25) is 0 Å². The first-order valence-corrected chi connectivity index (χ1v) is 9.01. The average Bonchev–Trinajstić information content (AvgIpc) is 2.49. The molecular weight excluding hydrogens is 331 g/mol. The second kappa shape index (κ2) is 7.09. The highest BCUT2D eigenvalue weighted by Gasteiger charge is 2.49. The molecular formula is C15H20F3NO3S. The maximum Gasteiger partial charge on any atom is 0.534 e. The number of alkyl halides is 3. The lowest BCUT2D eigenvalue weighted by atomic mass is 9.99. The fourth-order valence-corrected chi connectivity index (χ4v) is 3.38. The van der Waals surface area contributed by atoms with Crippen LogP contribution in [0.15, 0.2) is 24.3 Å². The number of likely N-dealkylation sites (tertiary alicyclic amines) is 1. The molecule has 0 aromatic heterocycles. The molecule has 0 N–H and O–H groups in total. The minimum absolute atomic E-state index is 0.157. The van der Waals surface area contributed by atoms with Gasteiger partial charge in [-0.25, -0.2) is 0 Å². The van der Waals surface area contributed by atoms with Crippen molar-refractivity contribution in [3.63, 3.8) is 0 Å². The number of halogens is 3. The van der Waals surface area contributed by atoms with Gasteiger partial charge in [0.15, 0.2) is 0 Å². The molecule has 1 fully saturated rings. The SMILES string of the molecule is CCC(c1ccccc1OS(=O)(=O)C(F)(F)F)N1CCCCC1. The van der Waals surface area contributed by atoms with Gasteiger partial charge in [-0.3, -0.25) is 4.90 Å². The van der Waals surface area contributed by atoms with Crippen LogP contribution in [-0.2, 0) is 10.1 Å². The molecule has 1 aromatic carbocycles. The Balaban J connectivity index is 2.32. The first kappa shape index (κ1) is 18.1. The average molecular weight is 351 g/mol. The van der Waals surface area contributed by atoms with Crippen molar-refractivity contribution in [2.24, 2.45) is 0 Å². The summed E-state index contributed by atoms with van der Waals surface area (Å²) in [5.41, 5.74) is -4.96. The van der Waals surface area contributed by atoms with Crippen molar-refractivity contribution in [3.05, 3.63) is 29.8 Å². The van der Waals surface area contributed by atoms with E-state index in [0.29, 0.717) is 12.0 Å². The van der Waals surface area contributed by atoms with E-state index in [4.69, 9.17) is 0 Å². The summed E-state index contributed by atoms with van der Waals surface area (Å²) in [6.45, 7) is 3.62. The third kappa shape index (κ3) is 4.17. The number of benzene rings is 1. The van der Waals surface area contributed by atoms with Gasteiger partial charge in [0.05, 0.1) is 0 Å². The fraction of sp³-hybridized carbons (Fsp3) is 0.600. The number of nitrogens with zero attached hydrogens (tertiary/aromatic N) is 1. The van der Waals surface area contributed by atoms with Gasteiger partial charge < -0.3 is 4.18 Å². The van der Waals surface area contributed by atoms with Crippen LogP contribution in [0.4, 0.5) is 13.2 Å². The smallest absolute Gasteiger partial charge is 0.376 e. The lowest BCUT2D eigenvalue weighted by Gasteiger charge is -2.35. The number of rotatable bonds is 5. The molecule has 1 aromatic rings. The predicted molar refractivity (Wildman–Crippen MR) is 80.5 cm³/mol. The Morgan fingerprint density at radius 3 is 2.35 bits per heavy atom. The Morgan fingerprint density at radius 2 is 1.78 bits per heavy atom. The number of piperidine rings is 1. The quantitative estimate of drug-likeness (QED) is 0.597. The molecule has 8 heteroatoms. The molecule has 23 heavy (non-hydrogen) atoms. The van der Waals surface area contributed by atoms with Gasteiger partial charge in [-0.05, 0) is 38.4 Å². The highest BCUT2D eigenvalue weighted by atomic mass is 32.2. The van der Waals surface area contributed by atoms with E-state index >= 15 is 0 Å². The highest BCUT2D eigenvalue weighted by molar-refractivity contribution is 7.88. The maximum absolute atomic E-state index is 12.6. The zero-order valence-corrected chi connectivity index (χ0v) is 13.7. The van der Waals surface area contributed by atoms with E-state index in [0.717, 1.165) is 32.4 Å². The van der Waals surface area contributed by atoms with Crippen molar-refractivity contribution in [1.82, 2.24) is 4.90 Å². The number of hydrogen-bond donors (Lipinski definition) is 0. The Morgan fingerprint density at radius 1 is 1.17 bits per heavy atom. The van der Waals surface area contributed by atoms with E-state index in [9.17, 15) is 21.6 Å². The van der Waals surface area contributed by atoms with E-state index in [1.807, 2.05) is 6.92 Å². The molecule has 4 nitrogen and oxygen atoms in total. The van der Waals surface area contributed by atoms with Crippen LogP contribution in [0.25, 0.3) is 0 Å². The summed E-state index contributed by atoms with van der Waals surface area (Å²) in [5.74, 6) is -0.248. The summed E-state index contributed by atoms with van der Waals surface area (Å²) in [5, 5.41) is 0. The van der Waals surface area contributed by atoms with Crippen molar-refractivity contribution in [2.75, 3.05) is 13.1 Å². The van der Waals surface area contributed by atoms with Crippen molar-refractivity contribution in [1.29, 1.82) is 0 Å². The lowest BCUT2D eigenvalue weighted by molar-refractivity contribution is -0.0500.